The molecular weight excluding hydrogens is 296 g/mol. The van der Waals surface area contributed by atoms with Crippen molar-refractivity contribution < 1.29 is 0 Å². The lowest BCUT2D eigenvalue weighted by Crippen LogP contribution is -2.32. The molecule has 0 saturated heterocycles. The van der Waals surface area contributed by atoms with Gasteiger partial charge in [0.1, 0.15) is 28.6 Å². The van der Waals surface area contributed by atoms with Gasteiger partial charge in [0.05, 0.1) is 11.9 Å². The fourth-order valence-corrected chi connectivity index (χ4v) is 4.08. The first-order valence-corrected chi connectivity index (χ1v) is 8.31. The van der Waals surface area contributed by atoms with Crippen LogP contribution in [0.4, 0.5) is 5.82 Å². The van der Waals surface area contributed by atoms with Crippen molar-refractivity contribution in [2.45, 2.75) is 46.2 Å². The van der Waals surface area contributed by atoms with Crippen molar-refractivity contribution in [1.82, 2.24) is 24.7 Å². The number of fused-ring (bicyclic) bond motifs is 2. The summed E-state index contributed by atoms with van der Waals surface area (Å²) < 4.78 is 1.98. The van der Waals surface area contributed by atoms with Gasteiger partial charge in [-0.2, -0.15) is 5.10 Å². The van der Waals surface area contributed by atoms with Crippen molar-refractivity contribution in [3.05, 3.63) is 28.4 Å². The van der Waals surface area contributed by atoms with Crippen molar-refractivity contribution in [2.75, 3.05) is 5.32 Å². The zero-order valence-corrected chi connectivity index (χ0v) is 13.7. The Labute approximate surface area is 132 Å². The third-order valence-electron chi connectivity index (χ3n) is 4.29. The summed E-state index contributed by atoms with van der Waals surface area (Å²) in [4.78, 5) is 15.9. The third kappa shape index (κ3) is 2.16. The summed E-state index contributed by atoms with van der Waals surface area (Å²) in [6.45, 7) is 7.07. The van der Waals surface area contributed by atoms with Gasteiger partial charge in [0.25, 0.3) is 0 Å². The molecule has 0 aliphatic carbocycles. The van der Waals surface area contributed by atoms with Gasteiger partial charge in [0.15, 0.2) is 0 Å². The molecule has 3 aromatic rings. The van der Waals surface area contributed by atoms with Crippen LogP contribution >= 0.6 is 11.3 Å². The zero-order valence-electron chi connectivity index (χ0n) is 12.9. The Kier molecular flexibility index (Phi) is 3.11. The second kappa shape index (κ2) is 5.01. The molecule has 1 aliphatic heterocycles. The highest BCUT2D eigenvalue weighted by atomic mass is 32.1. The van der Waals surface area contributed by atoms with Crippen LogP contribution < -0.4 is 5.32 Å². The predicted octanol–water partition coefficient (Wildman–Crippen LogP) is 2.63. The molecule has 0 bridgehead atoms. The van der Waals surface area contributed by atoms with E-state index in [9.17, 15) is 0 Å². The largest absolute Gasteiger partial charge is 0.365 e. The maximum absolute atomic E-state index is 4.65. The second-order valence-electron chi connectivity index (χ2n) is 5.82. The van der Waals surface area contributed by atoms with E-state index in [1.54, 1.807) is 17.7 Å². The maximum atomic E-state index is 4.65. The molecule has 1 atom stereocenters. The molecule has 114 valence electrons. The lowest BCUT2D eigenvalue weighted by Gasteiger charge is -2.24. The molecule has 1 N–H and O–H groups in total. The summed E-state index contributed by atoms with van der Waals surface area (Å²) in [7, 11) is 0. The fraction of sp³-hybridized carbons (Fsp3) is 0.467. The van der Waals surface area contributed by atoms with E-state index >= 15 is 0 Å². The van der Waals surface area contributed by atoms with Gasteiger partial charge in [-0.25, -0.2) is 19.6 Å². The molecule has 7 heteroatoms. The summed E-state index contributed by atoms with van der Waals surface area (Å²) >= 11 is 1.74. The van der Waals surface area contributed by atoms with E-state index < -0.39 is 0 Å². The van der Waals surface area contributed by atoms with E-state index in [1.165, 1.54) is 10.4 Å². The van der Waals surface area contributed by atoms with Crippen LogP contribution in [0.3, 0.4) is 0 Å². The molecule has 0 aromatic carbocycles. The Morgan fingerprint density at radius 3 is 3.00 bits per heavy atom. The number of hydrogen-bond donors (Lipinski definition) is 1. The van der Waals surface area contributed by atoms with E-state index in [2.05, 4.69) is 39.2 Å². The normalized spacial score (nSPS) is 17.7. The zero-order chi connectivity index (χ0) is 15.3. The van der Waals surface area contributed by atoms with Gasteiger partial charge in [-0.3, -0.25) is 0 Å². The van der Waals surface area contributed by atoms with E-state index in [0.717, 1.165) is 47.1 Å². The minimum Gasteiger partial charge on any atom is -0.365 e. The molecule has 0 unspecified atom stereocenters. The van der Waals surface area contributed by atoms with Crippen LogP contribution in [0.15, 0.2) is 6.33 Å². The molecular formula is C15H18N6S. The summed E-state index contributed by atoms with van der Waals surface area (Å²) in [5, 5.41) is 9.07. The molecule has 4 rings (SSSR count). The van der Waals surface area contributed by atoms with Crippen molar-refractivity contribution in [2.24, 2.45) is 0 Å². The molecule has 6 nitrogen and oxygen atoms in total. The topological polar surface area (TPSA) is 68.5 Å². The van der Waals surface area contributed by atoms with Gasteiger partial charge < -0.3 is 5.32 Å². The Hall–Kier alpha value is -2.02. The van der Waals surface area contributed by atoms with Crippen LogP contribution in [0.25, 0.3) is 10.2 Å². The van der Waals surface area contributed by atoms with Gasteiger partial charge in [-0.05, 0) is 32.8 Å². The summed E-state index contributed by atoms with van der Waals surface area (Å²) in [5.74, 6) is 2.84. The van der Waals surface area contributed by atoms with Crippen molar-refractivity contribution in [3.8, 4) is 0 Å². The van der Waals surface area contributed by atoms with Gasteiger partial charge in [-0.15, -0.1) is 11.3 Å². The minimum atomic E-state index is 0.325. The predicted molar refractivity (Wildman–Crippen MR) is 87.4 cm³/mol. The molecule has 22 heavy (non-hydrogen) atoms. The van der Waals surface area contributed by atoms with Crippen molar-refractivity contribution >= 4 is 27.4 Å². The highest BCUT2D eigenvalue weighted by Gasteiger charge is 2.22. The summed E-state index contributed by atoms with van der Waals surface area (Å²) in [5.41, 5.74) is 1.28. The van der Waals surface area contributed by atoms with Crippen LogP contribution in [0, 0.1) is 20.8 Å². The molecule has 0 radical (unpaired) electrons. The molecule has 0 fully saturated rings. The minimum absolute atomic E-state index is 0.325. The molecule has 0 spiro atoms. The monoisotopic (exact) mass is 314 g/mol. The second-order valence-corrected chi connectivity index (χ2v) is 7.02. The molecule has 0 saturated carbocycles. The first-order valence-electron chi connectivity index (χ1n) is 7.49. The van der Waals surface area contributed by atoms with Crippen LogP contribution in [0.1, 0.15) is 28.5 Å². The highest BCUT2D eigenvalue weighted by molar-refractivity contribution is 7.18. The first kappa shape index (κ1) is 13.6. The molecule has 0 amide bonds. The van der Waals surface area contributed by atoms with Crippen LogP contribution in [0.2, 0.25) is 0 Å². The standard InChI is InChI=1S/C15H18N6S/c1-8-9(2)22-15-13(8)14(18-10(3)19-15)20-11-4-5-12-16-7-17-21(12)6-11/h7,11H,4-6H2,1-3H3,(H,18,19,20)/t11-/m0/s1. The van der Waals surface area contributed by atoms with Crippen LogP contribution in [-0.2, 0) is 13.0 Å². The fourth-order valence-electron chi connectivity index (χ4n) is 3.01. The number of thiophene rings is 1. The number of nitrogens with one attached hydrogen (secondary N) is 1. The van der Waals surface area contributed by atoms with Crippen molar-refractivity contribution in [3.63, 3.8) is 0 Å². The van der Waals surface area contributed by atoms with Gasteiger partial charge in [0.2, 0.25) is 0 Å². The van der Waals surface area contributed by atoms with Crippen LogP contribution in [0.5, 0.6) is 0 Å². The first-order chi connectivity index (χ1) is 10.6. The van der Waals surface area contributed by atoms with Gasteiger partial charge >= 0.3 is 0 Å². The summed E-state index contributed by atoms with van der Waals surface area (Å²) in [6.07, 6.45) is 3.63. The van der Waals surface area contributed by atoms with E-state index in [4.69, 9.17) is 0 Å². The summed E-state index contributed by atoms with van der Waals surface area (Å²) in [6, 6.07) is 0.325. The Balaban J connectivity index is 1.70. The Morgan fingerprint density at radius 1 is 1.27 bits per heavy atom. The van der Waals surface area contributed by atoms with Crippen LogP contribution in [-0.4, -0.2) is 30.8 Å². The number of aromatic nitrogens is 5. The lowest BCUT2D eigenvalue weighted by atomic mass is 10.1. The smallest absolute Gasteiger partial charge is 0.139 e. The SMILES string of the molecule is Cc1nc(N[C@H]2CCc3ncnn3C2)c2c(C)c(C)sc2n1. The molecule has 3 aromatic heterocycles. The van der Waals surface area contributed by atoms with E-state index in [1.807, 2.05) is 11.6 Å². The number of hydrogen-bond acceptors (Lipinski definition) is 6. The van der Waals surface area contributed by atoms with Gasteiger partial charge in [-0.1, -0.05) is 0 Å². The average molecular weight is 314 g/mol. The third-order valence-corrected chi connectivity index (χ3v) is 5.39. The quantitative estimate of drug-likeness (QED) is 0.787. The molecule has 4 heterocycles. The molecule has 1 aliphatic rings. The lowest BCUT2D eigenvalue weighted by molar-refractivity contribution is 0.441. The maximum Gasteiger partial charge on any atom is 0.139 e. The average Bonchev–Trinajstić information content (AvgIpc) is 3.03. The Morgan fingerprint density at radius 2 is 2.14 bits per heavy atom. The van der Waals surface area contributed by atoms with Crippen molar-refractivity contribution in [1.29, 1.82) is 0 Å². The highest BCUT2D eigenvalue weighted by Crippen LogP contribution is 2.33. The number of aryl methyl sites for hydroxylation is 4. The van der Waals surface area contributed by atoms with E-state index in [0.29, 0.717) is 6.04 Å². The number of anilines is 1. The Bertz CT molecular complexity index is 849. The number of rotatable bonds is 2. The number of nitrogens with zero attached hydrogens (tertiary/aromatic N) is 5. The van der Waals surface area contributed by atoms with Gasteiger partial charge in [0, 0.05) is 17.3 Å². The van der Waals surface area contributed by atoms with E-state index in [-0.39, 0.29) is 0 Å².